The Hall–Kier alpha value is -1.03. The molecule has 1 aliphatic rings. The summed E-state index contributed by atoms with van der Waals surface area (Å²) in [6, 6.07) is 5.83. The molecule has 0 aliphatic heterocycles. The minimum absolute atomic E-state index is 0.118. The number of halogens is 1. The van der Waals surface area contributed by atoms with Crippen molar-refractivity contribution in [1.82, 2.24) is 4.90 Å². The van der Waals surface area contributed by atoms with Gasteiger partial charge in [0.15, 0.2) is 0 Å². The molecule has 2 rings (SSSR count). The zero-order valence-electron chi connectivity index (χ0n) is 10.8. The maximum Gasteiger partial charge on any atom is 0.254 e. The lowest BCUT2D eigenvalue weighted by molar-refractivity contribution is 0.0722. The minimum atomic E-state index is 0.118. The van der Waals surface area contributed by atoms with E-state index in [1.54, 1.807) is 12.1 Å². The quantitative estimate of drug-likeness (QED) is 0.867. The zero-order chi connectivity index (χ0) is 13.3. The van der Waals surface area contributed by atoms with Gasteiger partial charge in [0.25, 0.3) is 5.91 Å². The van der Waals surface area contributed by atoms with Gasteiger partial charge in [-0.05, 0) is 52.9 Å². The van der Waals surface area contributed by atoms with E-state index in [0.29, 0.717) is 23.2 Å². The number of anilines is 1. The van der Waals surface area contributed by atoms with Crippen molar-refractivity contribution in [3.8, 4) is 0 Å². The molecule has 0 bridgehead atoms. The lowest BCUT2D eigenvalue weighted by Crippen LogP contribution is -2.36. The topological polar surface area (TPSA) is 46.3 Å². The highest BCUT2D eigenvalue weighted by Gasteiger charge is 2.33. The molecule has 3 nitrogen and oxygen atoms in total. The third-order valence-electron chi connectivity index (χ3n) is 3.06. The largest absolute Gasteiger partial charge is 0.398 e. The summed E-state index contributed by atoms with van der Waals surface area (Å²) in [5.41, 5.74) is 7.12. The Labute approximate surface area is 116 Å². The summed E-state index contributed by atoms with van der Waals surface area (Å²) < 4.78 is 0.786. The number of hydrogen-bond acceptors (Lipinski definition) is 2. The van der Waals surface area contributed by atoms with Crippen LogP contribution in [0.5, 0.6) is 0 Å². The molecule has 98 valence electrons. The first-order chi connectivity index (χ1) is 8.49. The van der Waals surface area contributed by atoms with Crippen LogP contribution in [0.1, 0.15) is 37.0 Å². The summed E-state index contributed by atoms with van der Waals surface area (Å²) in [4.78, 5) is 14.5. The van der Waals surface area contributed by atoms with Gasteiger partial charge >= 0.3 is 0 Å². The average molecular weight is 311 g/mol. The molecule has 0 atom stereocenters. The number of carbonyl (C=O) groups excluding carboxylic acids is 1. The van der Waals surface area contributed by atoms with Gasteiger partial charge in [-0.1, -0.05) is 13.8 Å². The summed E-state index contributed by atoms with van der Waals surface area (Å²) in [6.07, 6.45) is 2.27. The van der Waals surface area contributed by atoms with E-state index in [1.807, 2.05) is 11.0 Å². The summed E-state index contributed by atoms with van der Waals surface area (Å²) in [6.45, 7) is 5.11. The zero-order valence-corrected chi connectivity index (χ0v) is 12.4. The van der Waals surface area contributed by atoms with E-state index in [9.17, 15) is 4.79 Å². The monoisotopic (exact) mass is 310 g/mol. The highest BCUT2D eigenvalue weighted by atomic mass is 79.9. The molecule has 1 amide bonds. The number of benzene rings is 1. The van der Waals surface area contributed by atoms with Crippen molar-refractivity contribution in [3.05, 3.63) is 28.2 Å². The molecular formula is C14H19BrN2O. The van der Waals surface area contributed by atoms with Crippen LogP contribution in [0.15, 0.2) is 22.7 Å². The van der Waals surface area contributed by atoms with Gasteiger partial charge in [-0.15, -0.1) is 0 Å². The van der Waals surface area contributed by atoms with Gasteiger partial charge in [-0.3, -0.25) is 4.79 Å². The third kappa shape index (κ3) is 3.05. The Balaban J connectivity index is 2.19. The van der Waals surface area contributed by atoms with E-state index in [-0.39, 0.29) is 5.91 Å². The number of rotatable bonds is 4. The predicted octanol–water partition coefficient (Wildman–Crippen LogP) is 3.29. The lowest BCUT2D eigenvalue weighted by atomic mass is 10.1. The molecule has 1 aliphatic carbocycles. The number of nitrogens with two attached hydrogens (primary N) is 1. The molecule has 0 radical (unpaired) electrons. The molecule has 0 aromatic heterocycles. The van der Waals surface area contributed by atoms with Crippen LogP contribution < -0.4 is 5.73 Å². The van der Waals surface area contributed by atoms with Crippen LogP contribution in [-0.4, -0.2) is 23.4 Å². The van der Waals surface area contributed by atoms with Gasteiger partial charge in [-0.2, -0.15) is 0 Å². The Bertz CT molecular complexity index is 455. The average Bonchev–Trinajstić information content (AvgIpc) is 3.12. The van der Waals surface area contributed by atoms with E-state index in [1.165, 1.54) is 0 Å². The van der Waals surface area contributed by atoms with Gasteiger partial charge in [0, 0.05) is 28.3 Å². The predicted molar refractivity (Wildman–Crippen MR) is 77.5 cm³/mol. The Morgan fingerprint density at radius 3 is 2.67 bits per heavy atom. The van der Waals surface area contributed by atoms with Crippen LogP contribution in [0.3, 0.4) is 0 Å². The Kier molecular flexibility index (Phi) is 3.95. The highest BCUT2D eigenvalue weighted by Crippen LogP contribution is 2.30. The number of carbonyl (C=O) groups is 1. The second kappa shape index (κ2) is 5.31. The number of hydrogen-bond donors (Lipinski definition) is 1. The first kappa shape index (κ1) is 13.4. The van der Waals surface area contributed by atoms with Crippen LogP contribution in [0.2, 0.25) is 0 Å². The molecule has 0 unspecified atom stereocenters. The van der Waals surface area contributed by atoms with Crippen LogP contribution >= 0.6 is 15.9 Å². The molecular weight excluding hydrogens is 292 g/mol. The fraction of sp³-hybridized carbons (Fsp3) is 0.500. The number of nitrogen functional groups attached to an aromatic ring is 1. The van der Waals surface area contributed by atoms with Gasteiger partial charge < -0.3 is 10.6 Å². The Morgan fingerprint density at radius 1 is 1.50 bits per heavy atom. The third-order valence-corrected chi connectivity index (χ3v) is 3.74. The summed E-state index contributed by atoms with van der Waals surface area (Å²) in [5.74, 6) is 0.610. The molecule has 18 heavy (non-hydrogen) atoms. The molecule has 0 spiro atoms. The fourth-order valence-electron chi connectivity index (χ4n) is 2.00. The van der Waals surface area contributed by atoms with Crippen LogP contribution in [0.25, 0.3) is 0 Å². The van der Waals surface area contributed by atoms with Gasteiger partial charge in [0.1, 0.15) is 0 Å². The van der Waals surface area contributed by atoms with Crippen LogP contribution in [-0.2, 0) is 0 Å². The molecule has 0 heterocycles. The molecule has 2 N–H and O–H groups in total. The van der Waals surface area contributed by atoms with Crippen LogP contribution in [0.4, 0.5) is 5.69 Å². The maximum atomic E-state index is 12.5. The summed E-state index contributed by atoms with van der Waals surface area (Å²) >= 11 is 3.37. The molecule has 1 aromatic carbocycles. The summed E-state index contributed by atoms with van der Waals surface area (Å²) in [5, 5.41) is 0. The van der Waals surface area contributed by atoms with Crippen molar-refractivity contribution >= 4 is 27.5 Å². The molecule has 1 fully saturated rings. The van der Waals surface area contributed by atoms with Crippen molar-refractivity contribution in [3.63, 3.8) is 0 Å². The van der Waals surface area contributed by atoms with E-state index in [4.69, 9.17) is 5.73 Å². The fourth-order valence-corrected chi connectivity index (χ4v) is 2.38. The standard InChI is InChI=1S/C14H19BrN2O/c1-9(2)8-17(11-4-5-11)14(18)10-3-6-13(16)12(15)7-10/h3,6-7,9,11H,4-5,8,16H2,1-2H3. The van der Waals surface area contributed by atoms with Gasteiger partial charge in [-0.25, -0.2) is 0 Å². The van der Waals surface area contributed by atoms with E-state index >= 15 is 0 Å². The lowest BCUT2D eigenvalue weighted by Gasteiger charge is -2.24. The molecule has 1 saturated carbocycles. The van der Waals surface area contributed by atoms with Crippen molar-refractivity contribution in [1.29, 1.82) is 0 Å². The first-order valence-corrected chi connectivity index (χ1v) is 7.14. The van der Waals surface area contributed by atoms with E-state index in [0.717, 1.165) is 23.9 Å². The van der Waals surface area contributed by atoms with Gasteiger partial charge in [0.2, 0.25) is 0 Å². The SMILES string of the molecule is CC(C)CN(C(=O)c1ccc(N)c(Br)c1)C1CC1. The van der Waals surface area contributed by atoms with E-state index in [2.05, 4.69) is 29.8 Å². The maximum absolute atomic E-state index is 12.5. The van der Waals surface area contributed by atoms with Crippen molar-refractivity contribution in [2.45, 2.75) is 32.7 Å². The van der Waals surface area contributed by atoms with Gasteiger partial charge in [0.05, 0.1) is 0 Å². The molecule has 0 saturated heterocycles. The number of nitrogens with zero attached hydrogens (tertiary/aromatic N) is 1. The minimum Gasteiger partial charge on any atom is -0.398 e. The van der Waals surface area contributed by atoms with Crippen LogP contribution in [0, 0.1) is 5.92 Å². The van der Waals surface area contributed by atoms with E-state index < -0.39 is 0 Å². The molecule has 1 aromatic rings. The van der Waals surface area contributed by atoms with Crippen molar-refractivity contribution < 1.29 is 4.79 Å². The second-order valence-electron chi connectivity index (χ2n) is 5.32. The smallest absolute Gasteiger partial charge is 0.254 e. The van der Waals surface area contributed by atoms with Crippen molar-refractivity contribution in [2.24, 2.45) is 5.92 Å². The second-order valence-corrected chi connectivity index (χ2v) is 6.17. The molecule has 4 heteroatoms. The normalized spacial score (nSPS) is 14.9. The number of amides is 1. The Morgan fingerprint density at radius 2 is 2.17 bits per heavy atom. The summed E-state index contributed by atoms with van der Waals surface area (Å²) in [7, 11) is 0. The first-order valence-electron chi connectivity index (χ1n) is 6.35. The van der Waals surface area contributed by atoms with Crippen molar-refractivity contribution in [2.75, 3.05) is 12.3 Å². The highest BCUT2D eigenvalue weighted by molar-refractivity contribution is 9.10.